The molecule has 114 valence electrons. The van der Waals surface area contributed by atoms with Crippen LogP contribution in [0.1, 0.15) is 26.7 Å². The molecular weight excluding hydrogens is 300 g/mol. The number of rotatable bonds is 9. The lowest BCUT2D eigenvalue weighted by Gasteiger charge is -2.12. The van der Waals surface area contributed by atoms with E-state index in [4.69, 9.17) is 20.2 Å². The van der Waals surface area contributed by atoms with Gasteiger partial charge in [0, 0.05) is 16.7 Å². The Morgan fingerprint density at radius 3 is 2.45 bits per heavy atom. The van der Waals surface area contributed by atoms with Gasteiger partial charge >= 0.3 is 0 Å². The van der Waals surface area contributed by atoms with Crippen molar-refractivity contribution in [3.63, 3.8) is 0 Å². The lowest BCUT2D eigenvalue weighted by atomic mass is 10.1. The Labute approximate surface area is 125 Å². The third-order valence-corrected chi connectivity index (χ3v) is 4.04. The molecule has 0 aliphatic heterocycles. The fraction of sp³-hybridized carbons (Fsp3) is 0.571. The normalized spacial score (nSPS) is 12.9. The Morgan fingerprint density at radius 1 is 1.20 bits per heavy atom. The molecule has 0 bridgehead atoms. The Morgan fingerprint density at radius 2 is 1.85 bits per heavy atom. The van der Waals surface area contributed by atoms with E-state index in [-0.39, 0.29) is 11.7 Å². The summed E-state index contributed by atoms with van der Waals surface area (Å²) in [7, 11) is 1.79. The molecule has 20 heavy (non-hydrogen) atoms. The molecule has 0 amide bonds. The van der Waals surface area contributed by atoms with Crippen LogP contribution in [0, 0.1) is 5.92 Å². The summed E-state index contributed by atoms with van der Waals surface area (Å²) in [6.45, 7) is 5.08. The lowest BCUT2D eigenvalue weighted by Crippen LogP contribution is -2.08. The zero-order valence-electron chi connectivity index (χ0n) is 11.8. The smallest absolute Gasteiger partial charge is 0.232 e. The molecule has 0 fully saturated rings. The van der Waals surface area contributed by atoms with Gasteiger partial charge in [-0.25, -0.2) is 8.42 Å². The van der Waals surface area contributed by atoms with Crippen molar-refractivity contribution in [1.29, 1.82) is 0 Å². The molecule has 0 radical (unpaired) electrons. The SMILES string of the molecule is CCOc1cccc(OCCC(C)CCS(=O)(=O)Cl)c1. The molecule has 0 aromatic heterocycles. The first-order chi connectivity index (χ1) is 9.40. The molecule has 0 heterocycles. The van der Waals surface area contributed by atoms with E-state index in [2.05, 4.69) is 0 Å². The van der Waals surface area contributed by atoms with Crippen molar-refractivity contribution in [2.24, 2.45) is 5.92 Å². The summed E-state index contributed by atoms with van der Waals surface area (Å²) in [6.07, 6.45) is 1.33. The van der Waals surface area contributed by atoms with E-state index >= 15 is 0 Å². The van der Waals surface area contributed by atoms with Gasteiger partial charge in [-0.1, -0.05) is 13.0 Å². The summed E-state index contributed by atoms with van der Waals surface area (Å²) in [5, 5.41) is 0. The molecule has 1 rings (SSSR count). The summed E-state index contributed by atoms with van der Waals surface area (Å²) in [5.74, 6) is 1.80. The van der Waals surface area contributed by atoms with E-state index in [9.17, 15) is 8.42 Å². The monoisotopic (exact) mass is 320 g/mol. The van der Waals surface area contributed by atoms with Crippen molar-refractivity contribution in [3.05, 3.63) is 24.3 Å². The van der Waals surface area contributed by atoms with Gasteiger partial charge in [0.1, 0.15) is 11.5 Å². The van der Waals surface area contributed by atoms with E-state index in [1.54, 1.807) is 0 Å². The third-order valence-electron chi connectivity index (χ3n) is 2.85. The Balaban J connectivity index is 2.31. The third kappa shape index (κ3) is 7.60. The lowest BCUT2D eigenvalue weighted by molar-refractivity contribution is 0.278. The van der Waals surface area contributed by atoms with Gasteiger partial charge in [0.25, 0.3) is 0 Å². The number of halogens is 1. The molecule has 1 atom stereocenters. The minimum Gasteiger partial charge on any atom is -0.494 e. The van der Waals surface area contributed by atoms with Crippen molar-refractivity contribution in [2.75, 3.05) is 19.0 Å². The number of hydrogen-bond acceptors (Lipinski definition) is 4. The molecule has 1 aromatic rings. The standard InChI is InChI=1S/C14H21ClO4S/c1-3-18-13-5-4-6-14(11-13)19-9-7-12(2)8-10-20(15,16)17/h4-6,11-12H,3,7-10H2,1-2H3. The first-order valence-corrected chi connectivity index (χ1v) is 9.16. The van der Waals surface area contributed by atoms with Crippen molar-refractivity contribution in [3.8, 4) is 11.5 Å². The molecule has 0 spiro atoms. The highest BCUT2D eigenvalue weighted by Gasteiger charge is 2.10. The summed E-state index contributed by atoms with van der Waals surface area (Å²) < 4.78 is 32.7. The molecule has 0 N–H and O–H groups in total. The second-order valence-electron chi connectivity index (χ2n) is 4.68. The Hall–Kier alpha value is -0.940. The topological polar surface area (TPSA) is 52.6 Å². The Kier molecular flexibility index (Phi) is 7.16. The van der Waals surface area contributed by atoms with Gasteiger partial charge in [-0.15, -0.1) is 0 Å². The quantitative estimate of drug-likeness (QED) is 0.654. The maximum absolute atomic E-state index is 10.9. The molecular formula is C14H21ClO4S. The molecule has 1 aromatic carbocycles. The van der Waals surface area contributed by atoms with Crippen molar-refractivity contribution in [2.45, 2.75) is 26.7 Å². The van der Waals surface area contributed by atoms with Gasteiger partial charge < -0.3 is 9.47 Å². The molecule has 6 heteroatoms. The number of hydrogen-bond donors (Lipinski definition) is 0. The van der Waals surface area contributed by atoms with Crippen LogP contribution < -0.4 is 9.47 Å². The summed E-state index contributed by atoms with van der Waals surface area (Å²) >= 11 is 0. The second-order valence-corrected chi connectivity index (χ2v) is 7.58. The maximum Gasteiger partial charge on any atom is 0.232 e. The van der Waals surface area contributed by atoms with Crippen LogP contribution in [0.2, 0.25) is 0 Å². The van der Waals surface area contributed by atoms with Crippen molar-refractivity contribution >= 4 is 19.7 Å². The first kappa shape index (κ1) is 17.1. The van der Waals surface area contributed by atoms with Gasteiger partial charge in [0.15, 0.2) is 0 Å². The minimum absolute atomic E-state index is 0.00947. The van der Waals surface area contributed by atoms with Gasteiger partial charge in [-0.05, 0) is 37.8 Å². The molecule has 0 aliphatic carbocycles. The van der Waals surface area contributed by atoms with Crippen LogP contribution in [-0.2, 0) is 9.05 Å². The van der Waals surface area contributed by atoms with Crippen molar-refractivity contribution in [1.82, 2.24) is 0 Å². The summed E-state index contributed by atoms with van der Waals surface area (Å²) in [6, 6.07) is 7.47. The number of benzene rings is 1. The van der Waals surface area contributed by atoms with Crippen LogP contribution in [0.25, 0.3) is 0 Å². The fourth-order valence-corrected chi connectivity index (χ4v) is 2.64. The fourth-order valence-electron chi connectivity index (χ4n) is 1.68. The number of ether oxygens (including phenoxy) is 2. The molecule has 0 saturated heterocycles. The van der Waals surface area contributed by atoms with Crippen LogP contribution in [-0.4, -0.2) is 27.4 Å². The van der Waals surface area contributed by atoms with E-state index in [1.807, 2.05) is 38.1 Å². The summed E-state index contributed by atoms with van der Waals surface area (Å²) in [4.78, 5) is 0. The van der Waals surface area contributed by atoms with Crippen LogP contribution in [0.15, 0.2) is 24.3 Å². The highest BCUT2D eigenvalue weighted by Crippen LogP contribution is 2.20. The zero-order valence-corrected chi connectivity index (χ0v) is 13.4. The highest BCUT2D eigenvalue weighted by atomic mass is 35.7. The second kappa shape index (κ2) is 8.37. The van der Waals surface area contributed by atoms with Gasteiger partial charge in [-0.3, -0.25) is 0 Å². The van der Waals surface area contributed by atoms with Crippen molar-refractivity contribution < 1.29 is 17.9 Å². The first-order valence-electron chi connectivity index (χ1n) is 6.68. The van der Waals surface area contributed by atoms with Crippen LogP contribution in [0.3, 0.4) is 0 Å². The van der Waals surface area contributed by atoms with E-state index in [1.165, 1.54) is 0 Å². The van der Waals surface area contributed by atoms with Crippen LogP contribution in [0.4, 0.5) is 0 Å². The van der Waals surface area contributed by atoms with Crippen LogP contribution >= 0.6 is 10.7 Å². The molecule has 1 unspecified atom stereocenters. The van der Waals surface area contributed by atoms with E-state index in [0.29, 0.717) is 19.6 Å². The maximum atomic E-state index is 10.9. The average Bonchev–Trinajstić information content (AvgIpc) is 2.36. The van der Waals surface area contributed by atoms with E-state index in [0.717, 1.165) is 17.9 Å². The van der Waals surface area contributed by atoms with Gasteiger partial charge in [0.05, 0.1) is 19.0 Å². The van der Waals surface area contributed by atoms with E-state index < -0.39 is 9.05 Å². The summed E-state index contributed by atoms with van der Waals surface area (Å²) in [5.41, 5.74) is 0. The van der Waals surface area contributed by atoms with Gasteiger partial charge in [-0.2, -0.15) is 0 Å². The predicted octanol–water partition coefficient (Wildman–Crippen LogP) is 3.45. The molecule has 4 nitrogen and oxygen atoms in total. The largest absolute Gasteiger partial charge is 0.494 e. The van der Waals surface area contributed by atoms with Crippen LogP contribution in [0.5, 0.6) is 11.5 Å². The average molecular weight is 321 g/mol. The van der Waals surface area contributed by atoms with Gasteiger partial charge in [0.2, 0.25) is 9.05 Å². The predicted molar refractivity (Wildman–Crippen MR) is 81.1 cm³/mol. The minimum atomic E-state index is -3.39. The Bertz CT molecular complexity index is 502. The molecule has 0 aliphatic rings. The highest BCUT2D eigenvalue weighted by molar-refractivity contribution is 8.13. The molecule has 0 saturated carbocycles. The zero-order chi connectivity index (χ0) is 15.0.